The van der Waals surface area contributed by atoms with Crippen molar-refractivity contribution in [1.29, 1.82) is 5.26 Å². The molecule has 6 heteroatoms. The second-order valence-electron chi connectivity index (χ2n) is 3.09. The maximum absolute atomic E-state index is 8.90. The van der Waals surface area contributed by atoms with Crippen LogP contribution in [0.5, 0.6) is 11.6 Å². The van der Waals surface area contributed by atoms with Gasteiger partial charge < -0.3 is 10.5 Å². The minimum absolute atomic E-state index is 0.125. The number of anilines is 1. The molecule has 84 valence electrons. The van der Waals surface area contributed by atoms with Crippen molar-refractivity contribution in [2.45, 2.75) is 0 Å². The summed E-state index contributed by atoms with van der Waals surface area (Å²) in [6.45, 7) is 0. The lowest BCUT2D eigenvalue weighted by molar-refractivity contribution is 0.461. The molecule has 0 aliphatic rings. The van der Waals surface area contributed by atoms with E-state index in [4.69, 9.17) is 27.3 Å². The number of nitrogen functional groups attached to an aromatic ring is 1. The van der Waals surface area contributed by atoms with Crippen LogP contribution < -0.4 is 10.5 Å². The van der Waals surface area contributed by atoms with Crippen LogP contribution in [0.4, 0.5) is 5.82 Å². The number of nitriles is 1. The second kappa shape index (κ2) is 4.68. The molecule has 0 aliphatic carbocycles. The average molecular weight is 247 g/mol. The fourth-order valence-corrected chi connectivity index (χ4v) is 1.33. The van der Waals surface area contributed by atoms with Gasteiger partial charge in [-0.1, -0.05) is 23.7 Å². The molecule has 2 N–H and O–H groups in total. The molecule has 0 aliphatic heterocycles. The van der Waals surface area contributed by atoms with Crippen LogP contribution in [0.3, 0.4) is 0 Å². The molecule has 0 bridgehead atoms. The zero-order chi connectivity index (χ0) is 12.3. The molecular formula is C11H7ClN4O. The van der Waals surface area contributed by atoms with Crippen LogP contribution in [0.25, 0.3) is 0 Å². The van der Waals surface area contributed by atoms with Gasteiger partial charge in [-0.3, -0.25) is 0 Å². The normalized spacial score (nSPS) is 9.65. The first-order valence-corrected chi connectivity index (χ1v) is 5.03. The first-order valence-electron chi connectivity index (χ1n) is 4.65. The molecule has 5 nitrogen and oxygen atoms in total. The Morgan fingerprint density at radius 3 is 2.82 bits per heavy atom. The lowest BCUT2D eigenvalue weighted by Gasteiger charge is -2.07. The van der Waals surface area contributed by atoms with E-state index in [2.05, 4.69) is 9.97 Å². The Hall–Kier alpha value is -2.32. The first-order chi connectivity index (χ1) is 8.22. The summed E-state index contributed by atoms with van der Waals surface area (Å²) in [7, 11) is 0. The van der Waals surface area contributed by atoms with Gasteiger partial charge in [-0.25, -0.2) is 4.98 Å². The van der Waals surface area contributed by atoms with E-state index in [1.807, 2.05) is 6.07 Å². The standard InChI is InChI=1S/C11H7ClN4O/c12-9-10(14)15-6-16-11(9)17-8-4-2-1-3-7(8)5-13/h1-4,6H,(H2,14,15,16). The molecule has 2 aromatic rings. The Morgan fingerprint density at radius 2 is 2.06 bits per heavy atom. The number of hydrogen-bond acceptors (Lipinski definition) is 5. The predicted molar refractivity (Wildman–Crippen MR) is 62.7 cm³/mol. The summed E-state index contributed by atoms with van der Waals surface area (Å²) in [6, 6.07) is 8.77. The van der Waals surface area contributed by atoms with E-state index in [-0.39, 0.29) is 16.7 Å². The van der Waals surface area contributed by atoms with Crippen LogP contribution >= 0.6 is 11.6 Å². The zero-order valence-electron chi connectivity index (χ0n) is 8.59. The van der Waals surface area contributed by atoms with Gasteiger partial charge in [0.15, 0.2) is 0 Å². The summed E-state index contributed by atoms with van der Waals surface area (Å²) in [5.41, 5.74) is 5.91. The summed E-state index contributed by atoms with van der Waals surface area (Å²) < 4.78 is 5.43. The van der Waals surface area contributed by atoms with E-state index in [0.29, 0.717) is 11.3 Å². The molecule has 0 radical (unpaired) electrons. The molecular weight excluding hydrogens is 240 g/mol. The summed E-state index contributed by atoms with van der Waals surface area (Å²) in [5.74, 6) is 0.628. The van der Waals surface area contributed by atoms with Crippen LogP contribution in [0.15, 0.2) is 30.6 Å². The van der Waals surface area contributed by atoms with Gasteiger partial charge >= 0.3 is 0 Å². The highest BCUT2D eigenvalue weighted by Crippen LogP contribution is 2.31. The van der Waals surface area contributed by atoms with Gasteiger partial charge in [0.2, 0.25) is 5.88 Å². The quantitative estimate of drug-likeness (QED) is 0.879. The number of nitrogens with zero attached hydrogens (tertiary/aromatic N) is 3. The summed E-state index contributed by atoms with van der Waals surface area (Å²) in [6.07, 6.45) is 1.24. The van der Waals surface area contributed by atoms with E-state index < -0.39 is 0 Å². The van der Waals surface area contributed by atoms with Gasteiger partial charge in [0.25, 0.3) is 0 Å². The highest BCUT2D eigenvalue weighted by atomic mass is 35.5. The van der Waals surface area contributed by atoms with Gasteiger partial charge in [0.05, 0.1) is 5.56 Å². The van der Waals surface area contributed by atoms with Gasteiger partial charge in [-0.2, -0.15) is 10.2 Å². The number of hydrogen-bond donors (Lipinski definition) is 1. The number of ether oxygens (including phenoxy) is 1. The third-order valence-corrected chi connectivity index (χ3v) is 2.35. The monoisotopic (exact) mass is 246 g/mol. The number of nitrogens with two attached hydrogens (primary N) is 1. The maximum Gasteiger partial charge on any atom is 0.243 e. The van der Waals surface area contributed by atoms with E-state index in [9.17, 15) is 0 Å². The molecule has 17 heavy (non-hydrogen) atoms. The summed E-state index contributed by atoms with van der Waals surface area (Å²) >= 11 is 5.88. The summed E-state index contributed by atoms with van der Waals surface area (Å²) in [4.78, 5) is 7.57. The number of benzene rings is 1. The molecule has 0 saturated heterocycles. The Balaban J connectivity index is 2.39. The number of halogens is 1. The van der Waals surface area contributed by atoms with E-state index >= 15 is 0 Å². The highest BCUT2D eigenvalue weighted by molar-refractivity contribution is 6.34. The van der Waals surface area contributed by atoms with Crippen molar-refractivity contribution in [3.63, 3.8) is 0 Å². The minimum atomic E-state index is 0.125. The number of para-hydroxylation sites is 1. The van der Waals surface area contributed by atoms with E-state index in [0.717, 1.165) is 0 Å². The lowest BCUT2D eigenvalue weighted by atomic mass is 10.2. The van der Waals surface area contributed by atoms with E-state index in [1.54, 1.807) is 24.3 Å². The molecule has 0 unspecified atom stereocenters. The van der Waals surface area contributed by atoms with Crippen molar-refractivity contribution in [2.24, 2.45) is 0 Å². The van der Waals surface area contributed by atoms with Gasteiger partial charge in [0, 0.05) is 0 Å². The average Bonchev–Trinajstić information content (AvgIpc) is 2.35. The van der Waals surface area contributed by atoms with Gasteiger partial charge in [-0.05, 0) is 12.1 Å². The number of rotatable bonds is 2. The molecule has 1 heterocycles. The largest absolute Gasteiger partial charge is 0.436 e. The highest BCUT2D eigenvalue weighted by Gasteiger charge is 2.10. The van der Waals surface area contributed by atoms with Crippen molar-refractivity contribution in [1.82, 2.24) is 9.97 Å². The maximum atomic E-state index is 8.90. The Morgan fingerprint density at radius 1 is 1.29 bits per heavy atom. The molecule has 2 rings (SSSR count). The lowest BCUT2D eigenvalue weighted by Crippen LogP contribution is -1.97. The molecule has 0 fully saturated rings. The Kier molecular flexibility index (Phi) is 3.08. The van der Waals surface area contributed by atoms with Crippen molar-refractivity contribution in [2.75, 3.05) is 5.73 Å². The third-order valence-electron chi connectivity index (χ3n) is 2.00. The van der Waals surface area contributed by atoms with Crippen molar-refractivity contribution < 1.29 is 4.74 Å². The van der Waals surface area contributed by atoms with Crippen molar-refractivity contribution in [3.8, 4) is 17.7 Å². The van der Waals surface area contributed by atoms with Crippen LogP contribution in [-0.2, 0) is 0 Å². The van der Waals surface area contributed by atoms with Crippen LogP contribution in [0.2, 0.25) is 5.02 Å². The molecule has 1 aromatic carbocycles. The SMILES string of the molecule is N#Cc1ccccc1Oc1ncnc(N)c1Cl. The van der Waals surface area contributed by atoms with E-state index in [1.165, 1.54) is 6.33 Å². The van der Waals surface area contributed by atoms with Crippen LogP contribution in [0, 0.1) is 11.3 Å². The smallest absolute Gasteiger partial charge is 0.243 e. The molecule has 0 saturated carbocycles. The second-order valence-corrected chi connectivity index (χ2v) is 3.47. The van der Waals surface area contributed by atoms with Crippen LogP contribution in [0.1, 0.15) is 5.56 Å². The molecule has 0 amide bonds. The van der Waals surface area contributed by atoms with Crippen LogP contribution in [-0.4, -0.2) is 9.97 Å². The zero-order valence-corrected chi connectivity index (χ0v) is 9.35. The molecule has 0 atom stereocenters. The third kappa shape index (κ3) is 2.27. The number of aromatic nitrogens is 2. The first kappa shape index (κ1) is 11.2. The predicted octanol–water partition coefficient (Wildman–Crippen LogP) is 2.38. The topological polar surface area (TPSA) is 84.8 Å². The van der Waals surface area contributed by atoms with Gasteiger partial charge in [0.1, 0.15) is 29.0 Å². The Bertz CT molecular complexity index is 594. The fraction of sp³-hybridized carbons (Fsp3) is 0. The fourth-order valence-electron chi connectivity index (χ4n) is 1.19. The Labute approximate surface area is 102 Å². The molecule has 1 aromatic heterocycles. The summed E-state index contributed by atoms with van der Waals surface area (Å²) in [5, 5.41) is 9.03. The van der Waals surface area contributed by atoms with Gasteiger partial charge in [-0.15, -0.1) is 0 Å². The van der Waals surface area contributed by atoms with Crippen molar-refractivity contribution in [3.05, 3.63) is 41.2 Å². The minimum Gasteiger partial charge on any atom is -0.436 e. The van der Waals surface area contributed by atoms with Crippen molar-refractivity contribution >= 4 is 17.4 Å². The molecule has 0 spiro atoms.